The van der Waals surface area contributed by atoms with Crippen LogP contribution in [0.1, 0.15) is 41.0 Å². The number of pyridine rings is 1. The van der Waals surface area contributed by atoms with Crippen molar-refractivity contribution in [2.24, 2.45) is 0 Å². The molecule has 6 nitrogen and oxygen atoms in total. The zero-order valence-corrected chi connectivity index (χ0v) is 16.9. The predicted molar refractivity (Wildman–Crippen MR) is 114 cm³/mol. The molecule has 29 heavy (non-hydrogen) atoms. The SMILES string of the molecule is CCCS(=O)(=O)Nc1cccc(C(=O)NC(c2ccccc2)c2ccccn2)c1. The van der Waals surface area contributed by atoms with Crippen LogP contribution in [0.4, 0.5) is 5.69 Å². The molecule has 0 saturated carbocycles. The molecule has 0 fully saturated rings. The molecule has 1 unspecified atom stereocenters. The summed E-state index contributed by atoms with van der Waals surface area (Å²) in [6.45, 7) is 1.80. The van der Waals surface area contributed by atoms with Gasteiger partial charge >= 0.3 is 0 Å². The number of nitrogens with zero attached hydrogens (tertiary/aromatic N) is 1. The van der Waals surface area contributed by atoms with Gasteiger partial charge in [-0.3, -0.25) is 14.5 Å². The number of anilines is 1. The van der Waals surface area contributed by atoms with Gasteiger partial charge < -0.3 is 5.32 Å². The molecule has 3 rings (SSSR count). The van der Waals surface area contributed by atoms with Crippen LogP contribution in [-0.2, 0) is 10.0 Å². The lowest BCUT2D eigenvalue weighted by atomic mass is 10.0. The van der Waals surface area contributed by atoms with Crippen LogP contribution >= 0.6 is 0 Å². The van der Waals surface area contributed by atoms with E-state index in [-0.39, 0.29) is 11.7 Å². The van der Waals surface area contributed by atoms with E-state index in [1.807, 2.05) is 48.5 Å². The van der Waals surface area contributed by atoms with Gasteiger partial charge in [-0.2, -0.15) is 0 Å². The van der Waals surface area contributed by atoms with Crippen LogP contribution in [0.25, 0.3) is 0 Å². The largest absolute Gasteiger partial charge is 0.340 e. The average molecular weight is 410 g/mol. The van der Waals surface area contributed by atoms with E-state index in [0.29, 0.717) is 23.4 Å². The number of aromatic nitrogens is 1. The van der Waals surface area contributed by atoms with Gasteiger partial charge in [-0.1, -0.05) is 49.4 Å². The lowest BCUT2D eigenvalue weighted by Gasteiger charge is -2.19. The first-order chi connectivity index (χ1) is 14.0. The summed E-state index contributed by atoms with van der Waals surface area (Å²) in [4.78, 5) is 17.3. The Morgan fingerprint density at radius 2 is 1.76 bits per heavy atom. The summed E-state index contributed by atoms with van der Waals surface area (Å²) in [6.07, 6.45) is 2.19. The summed E-state index contributed by atoms with van der Waals surface area (Å²) in [5.41, 5.74) is 2.34. The Morgan fingerprint density at radius 3 is 2.45 bits per heavy atom. The van der Waals surface area contributed by atoms with Crippen LogP contribution in [0.5, 0.6) is 0 Å². The van der Waals surface area contributed by atoms with Crippen molar-refractivity contribution in [1.82, 2.24) is 10.3 Å². The minimum Gasteiger partial charge on any atom is -0.340 e. The van der Waals surface area contributed by atoms with Gasteiger partial charge in [0.15, 0.2) is 0 Å². The van der Waals surface area contributed by atoms with E-state index in [1.54, 1.807) is 31.3 Å². The van der Waals surface area contributed by atoms with E-state index in [9.17, 15) is 13.2 Å². The molecule has 2 aromatic carbocycles. The molecule has 1 amide bonds. The van der Waals surface area contributed by atoms with E-state index in [4.69, 9.17) is 0 Å². The second kappa shape index (κ2) is 9.34. The lowest BCUT2D eigenvalue weighted by Crippen LogP contribution is -2.30. The van der Waals surface area contributed by atoms with Crippen LogP contribution in [-0.4, -0.2) is 25.1 Å². The van der Waals surface area contributed by atoms with Crippen molar-refractivity contribution in [3.05, 3.63) is 95.8 Å². The summed E-state index contributed by atoms with van der Waals surface area (Å²) in [5, 5.41) is 3.00. The van der Waals surface area contributed by atoms with Crippen LogP contribution < -0.4 is 10.0 Å². The molecule has 0 aliphatic carbocycles. The van der Waals surface area contributed by atoms with Gasteiger partial charge in [0.25, 0.3) is 5.91 Å². The Morgan fingerprint density at radius 1 is 1.00 bits per heavy atom. The molecule has 0 spiro atoms. The minimum atomic E-state index is -3.43. The third-order valence-electron chi connectivity index (χ3n) is 4.26. The smallest absolute Gasteiger partial charge is 0.252 e. The van der Waals surface area contributed by atoms with Crippen LogP contribution in [0.15, 0.2) is 79.0 Å². The number of hydrogen-bond acceptors (Lipinski definition) is 4. The standard InChI is InChI=1S/C22H23N3O3S/c1-2-15-29(27,28)25-19-12-8-11-18(16-19)22(26)24-21(17-9-4-3-5-10-17)20-13-6-7-14-23-20/h3-14,16,21,25H,2,15H2,1H3,(H,24,26). The molecular formula is C22H23N3O3S. The molecule has 1 atom stereocenters. The Kier molecular flexibility index (Phi) is 6.61. The van der Waals surface area contributed by atoms with Crippen molar-refractivity contribution >= 4 is 21.6 Å². The number of carbonyl (C=O) groups excluding carboxylic acids is 1. The first-order valence-corrected chi connectivity index (χ1v) is 11.0. The molecule has 2 N–H and O–H groups in total. The summed E-state index contributed by atoms with van der Waals surface area (Å²) < 4.78 is 26.5. The Hall–Kier alpha value is -3.19. The van der Waals surface area contributed by atoms with Gasteiger partial charge in [0.05, 0.1) is 17.5 Å². The van der Waals surface area contributed by atoms with Crippen LogP contribution in [0.3, 0.4) is 0 Å². The molecule has 0 radical (unpaired) electrons. The van der Waals surface area contributed by atoms with Crippen molar-refractivity contribution in [3.63, 3.8) is 0 Å². The molecule has 7 heteroatoms. The van der Waals surface area contributed by atoms with E-state index in [1.165, 1.54) is 6.07 Å². The highest BCUT2D eigenvalue weighted by Gasteiger charge is 2.19. The molecule has 0 saturated heterocycles. The normalized spacial score (nSPS) is 12.2. The van der Waals surface area contributed by atoms with Crippen molar-refractivity contribution in [2.75, 3.05) is 10.5 Å². The van der Waals surface area contributed by atoms with E-state index in [2.05, 4.69) is 15.0 Å². The summed E-state index contributed by atoms with van der Waals surface area (Å²) in [7, 11) is -3.43. The number of sulfonamides is 1. The van der Waals surface area contributed by atoms with E-state index < -0.39 is 16.1 Å². The van der Waals surface area contributed by atoms with Crippen LogP contribution in [0, 0.1) is 0 Å². The highest BCUT2D eigenvalue weighted by molar-refractivity contribution is 7.92. The first-order valence-electron chi connectivity index (χ1n) is 9.36. The van der Waals surface area contributed by atoms with E-state index >= 15 is 0 Å². The zero-order valence-electron chi connectivity index (χ0n) is 16.1. The van der Waals surface area contributed by atoms with Gasteiger partial charge in [0, 0.05) is 17.4 Å². The number of hydrogen-bond donors (Lipinski definition) is 2. The molecule has 3 aromatic rings. The number of nitrogens with one attached hydrogen (secondary N) is 2. The fraction of sp³-hybridized carbons (Fsp3) is 0.182. The monoisotopic (exact) mass is 409 g/mol. The summed E-state index contributed by atoms with van der Waals surface area (Å²) >= 11 is 0. The third kappa shape index (κ3) is 5.65. The maximum atomic E-state index is 12.9. The zero-order chi connectivity index (χ0) is 20.7. The second-order valence-corrected chi connectivity index (χ2v) is 8.42. The van der Waals surface area contributed by atoms with E-state index in [0.717, 1.165) is 5.56 Å². The molecule has 0 aliphatic rings. The highest BCUT2D eigenvalue weighted by atomic mass is 32.2. The number of benzene rings is 2. The molecule has 0 bridgehead atoms. The first kappa shape index (κ1) is 20.5. The summed E-state index contributed by atoms with van der Waals surface area (Å²) in [6, 6.07) is 21.1. The summed E-state index contributed by atoms with van der Waals surface area (Å²) in [5.74, 6) is -0.292. The van der Waals surface area contributed by atoms with Gasteiger partial charge in [0.2, 0.25) is 10.0 Å². The van der Waals surface area contributed by atoms with Gasteiger partial charge in [0.1, 0.15) is 0 Å². The number of amides is 1. The van der Waals surface area contributed by atoms with Crippen LogP contribution in [0.2, 0.25) is 0 Å². The van der Waals surface area contributed by atoms with Crippen molar-refractivity contribution in [3.8, 4) is 0 Å². The lowest BCUT2D eigenvalue weighted by molar-refractivity contribution is 0.0942. The molecular weight excluding hydrogens is 386 g/mol. The molecule has 1 aromatic heterocycles. The third-order valence-corrected chi connectivity index (χ3v) is 5.76. The maximum Gasteiger partial charge on any atom is 0.252 e. The van der Waals surface area contributed by atoms with Crippen molar-refractivity contribution in [2.45, 2.75) is 19.4 Å². The second-order valence-electron chi connectivity index (χ2n) is 6.57. The number of carbonyl (C=O) groups is 1. The minimum absolute atomic E-state index is 0.0270. The Labute approximate surface area is 171 Å². The van der Waals surface area contributed by atoms with Gasteiger partial charge in [-0.25, -0.2) is 8.42 Å². The Balaban J connectivity index is 1.84. The van der Waals surface area contributed by atoms with Gasteiger partial charge in [-0.15, -0.1) is 0 Å². The maximum absolute atomic E-state index is 12.9. The highest BCUT2D eigenvalue weighted by Crippen LogP contribution is 2.21. The number of rotatable bonds is 8. The van der Waals surface area contributed by atoms with Crippen molar-refractivity contribution in [1.29, 1.82) is 0 Å². The predicted octanol–water partition coefficient (Wildman–Crippen LogP) is 3.75. The fourth-order valence-electron chi connectivity index (χ4n) is 2.96. The van der Waals surface area contributed by atoms with Gasteiger partial charge in [-0.05, 0) is 42.3 Å². The topological polar surface area (TPSA) is 88.2 Å². The molecule has 1 heterocycles. The van der Waals surface area contributed by atoms with Crippen molar-refractivity contribution < 1.29 is 13.2 Å². The molecule has 150 valence electrons. The quantitative estimate of drug-likeness (QED) is 0.593. The fourth-order valence-corrected chi connectivity index (χ4v) is 4.08. The Bertz CT molecular complexity index is 1020. The molecule has 0 aliphatic heterocycles. The average Bonchev–Trinajstić information content (AvgIpc) is 2.73.